The van der Waals surface area contributed by atoms with E-state index in [0.29, 0.717) is 21.5 Å². The van der Waals surface area contributed by atoms with Gasteiger partial charge in [-0.25, -0.2) is 0 Å². The maximum absolute atomic E-state index is 12.8. The standard InChI is InChI=1S/C26H28Cl2N2O3/c1-29-26(31)25(18-7-12-21(28)13-8-18)30-22(14-6-17-4-10-20(27)11-5-17)19-9-15-23(32-2)24(16-19)33-3/h4-5,7-13,15-16,22,25,30H,6,14H2,1-3H3,(H,29,31)/t22-,25-/m1/s1. The molecule has 3 rings (SSSR count). The molecule has 0 bridgehead atoms. The number of carbonyl (C=O) groups excluding carboxylic acids is 1. The van der Waals surface area contributed by atoms with Crippen LogP contribution in [0.3, 0.4) is 0 Å². The summed E-state index contributed by atoms with van der Waals surface area (Å²) in [4.78, 5) is 12.8. The predicted molar refractivity (Wildman–Crippen MR) is 133 cm³/mol. The molecule has 0 heterocycles. The van der Waals surface area contributed by atoms with E-state index >= 15 is 0 Å². The van der Waals surface area contributed by atoms with Crippen molar-refractivity contribution >= 4 is 29.1 Å². The van der Waals surface area contributed by atoms with Crippen molar-refractivity contribution in [2.75, 3.05) is 21.3 Å². The number of ether oxygens (including phenoxy) is 2. The van der Waals surface area contributed by atoms with Gasteiger partial charge in [0.05, 0.1) is 14.2 Å². The number of aryl methyl sites for hydroxylation is 1. The molecule has 0 aliphatic heterocycles. The molecule has 1 amide bonds. The first-order valence-electron chi connectivity index (χ1n) is 10.6. The van der Waals surface area contributed by atoms with Crippen LogP contribution in [-0.2, 0) is 11.2 Å². The first kappa shape index (κ1) is 24.9. The minimum absolute atomic E-state index is 0.130. The summed E-state index contributed by atoms with van der Waals surface area (Å²) in [6.45, 7) is 0. The van der Waals surface area contributed by atoms with Crippen molar-refractivity contribution < 1.29 is 14.3 Å². The predicted octanol–water partition coefficient (Wildman–Crippen LogP) is 5.76. The second-order valence-electron chi connectivity index (χ2n) is 7.60. The Morgan fingerprint density at radius 2 is 1.42 bits per heavy atom. The zero-order valence-electron chi connectivity index (χ0n) is 18.9. The van der Waals surface area contributed by atoms with Gasteiger partial charge in [0.15, 0.2) is 11.5 Å². The van der Waals surface area contributed by atoms with Crippen molar-refractivity contribution in [3.63, 3.8) is 0 Å². The highest BCUT2D eigenvalue weighted by molar-refractivity contribution is 6.30. The first-order chi connectivity index (χ1) is 15.9. The minimum Gasteiger partial charge on any atom is -0.493 e. The summed E-state index contributed by atoms with van der Waals surface area (Å²) in [5.74, 6) is 1.16. The van der Waals surface area contributed by atoms with Crippen LogP contribution >= 0.6 is 23.2 Å². The lowest BCUT2D eigenvalue weighted by atomic mass is 9.96. The van der Waals surface area contributed by atoms with Crippen LogP contribution in [-0.4, -0.2) is 27.2 Å². The van der Waals surface area contributed by atoms with Gasteiger partial charge in [-0.2, -0.15) is 0 Å². The van der Waals surface area contributed by atoms with E-state index in [1.54, 1.807) is 33.4 Å². The topological polar surface area (TPSA) is 59.6 Å². The molecule has 2 atom stereocenters. The largest absolute Gasteiger partial charge is 0.493 e. The van der Waals surface area contributed by atoms with Gasteiger partial charge < -0.3 is 14.8 Å². The zero-order chi connectivity index (χ0) is 23.8. The van der Waals surface area contributed by atoms with E-state index in [2.05, 4.69) is 10.6 Å². The van der Waals surface area contributed by atoms with Gasteiger partial charge >= 0.3 is 0 Å². The number of benzene rings is 3. The van der Waals surface area contributed by atoms with E-state index < -0.39 is 6.04 Å². The van der Waals surface area contributed by atoms with E-state index in [9.17, 15) is 4.79 Å². The lowest BCUT2D eigenvalue weighted by Crippen LogP contribution is -2.38. The van der Waals surface area contributed by atoms with Crippen LogP contribution in [0.5, 0.6) is 11.5 Å². The molecule has 0 saturated carbocycles. The zero-order valence-corrected chi connectivity index (χ0v) is 20.4. The molecule has 33 heavy (non-hydrogen) atoms. The van der Waals surface area contributed by atoms with Gasteiger partial charge in [0, 0.05) is 23.1 Å². The van der Waals surface area contributed by atoms with Crippen LogP contribution in [0.1, 0.15) is 35.2 Å². The molecule has 0 spiro atoms. The van der Waals surface area contributed by atoms with E-state index in [1.807, 2.05) is 54.6 Å². The summed E-state index contributed by atoms with van der Waals surface area (Å²) < 4.78 is 10.9. The second-order valence-corrected chi connectivity index (χ2v) is 8.47. The van der Waals surface area contributed by atoms with E-state index in [0.717, 1.165) is 29.5 Å². The highest BCUT2D eigenvalue weighted by Crippen LogP contribution is 2.33. The highest BCUT2D eigenvalue weighted by atomic mass is 35.5. The fourth-order valence-electron chi connectivity index (χ4n) is 3.70. The summed E-state index contributed by atoms with van der Waals surface area (Å²) in [7, 11) is 4.85. The fourth-order valence-corrected chi connectivity index (χ4v) is 3.95. The number of likely N-dealkylation sites (N-methyl/N-ethyl adjacent to an activating group) is 1. The third-order valence-electron chi connectivity index (χ3n) is 5.52. The number of amides is 1. The van der Waals surface area contributed by atoms with Gasteiger partial charge in [0.2, 0.25) is 5.91 Å². The number of nitrogens with one attached hydrogen (secondary N) is 2. The molecule has 0 aliphatic rings. The third-order valence-corrected chi connectivity index (χ3v) is 6.03. The summed E-state index contributed by atoms with van der Waals surface area (Å²) in [5, 5.41) is 7.64. The SMILES string of the molecule is CNC(=O)[C@H](N[C@H](CCc1ccc(Cl)cc1)c1ccc(OC)c(OC)c1)c1ccc(Cl)cc1. The lowest BCUT2D eigenvalue weighted by molar-refractivity contribution is -0.123. The monoisotopic (exact) mass is 486 g/mol. The van der Waals surface area contributed by atoms with Crippen LogP contribution in [0, 0.1) is 0 Å². The molecule has 0 radical (unpaired) electrons. The van der Waals surface area contributed by atoms with Crippen molar-refractivity contribution in [1.29, 1.82) is 0 Å². The number of carbonyl (C=O) groups is 1. The second kappa shape index (κ2) is 11.9. The summed E-state index contributed by atoms with van der Waals surface area (Å²) >= 11 is 12.1. The molecule has 0 aliphatic carbocycles. The Kier molecular flexibility index (Phi) is 9.01. The summed E-state index contributed by atoms with van der Waals surface area (Å²) in [6, 6.07) is 20.2. The molecule has 3 aromatic carbocycles. The van der Waals surface area contributed by atoms with Gasteiger partial charge in [-0.3, -0.25) is 10.1 Å². The summed E-state index contributed by atoms with van der Waals surface area (Å²) in [6.07, 6.45) is 1.54. The van der Waals surface area contributed by atoms with Crippen molar-refractivity contribution in [3.05, 3.63) is 93.5 Å². The van der Waals surface area contributed by atoms with Gasteiger partial charge in [0.25, 0.3) is 0 Å². The molecule has 0 unspecified atom stereocenters. The Balaban J connectivity index is 1.94. The average Bonchev–Trinajstić information content (AvgIpc) is 2.85. The van der Waals surface area contributed by atoms with E-state index in [-0.39, 0.29) is 11.9 Å². The average molecular weight is 487 g/mol. The highest BCUT2D eigenvalue weighted by Gasteiger charge is 2.25. The van der Waals surface area contributed by atoms with E-state index in [1.165, 1.54) is 0 Å². The van der Waals surface area contributed by atoms with Gasteiger partial charge in [0.1, 0.15) is 6.04 Å². The smallest absolute Gasteiger partial charge is 0.241 e. The Morgan fingerprint density at radius 1 is 0.848 bits per heavy atom. The quantitative estimate of drug-likeness (QED) is 0.382. The maximum atomic E-state index is 12.8. The molecule has 174 valence electrons. The molecule has 0 fully saturated rings. The lowest BCUT2D eigenvalue weighted by Gasteiger charge is -2.26. The first-order valence-corrected chi connectivity index (χ1v) is 11.4. The van der Waals surface area contributed by atoms with Crippen molar-refractivity contribution in [2.24, 2.45) is 0 Å². The van der Waals surface area contributed by atoms with Crippen molar-refractivity contribution in [2.45, 2.75) is 24.9 Å². The van der Waals surface area contributed by atoms with Crippen LogP contribution in [0.25, 0.3) is 0 Å². The number of methoxy groups -OCH3 is 2. The molecular weight excluding hydrogens is 459 g/mol. The normalized spacial score (nSPS) is 12.6. The molecule has 0 saturated heterocycles. The number of hydrogen-bond donors (Lipinski definition) is 2. The molecule has 5 nitrogen and oxygen atoms in total. The Labute approximate surface area is 205 Å². The van der Waals surface area contributed by atoms with Gasteiger partial charge in [-0.05, 0) is 65.9 Å². The molecular formula is C26H28Cl2N2O3. The fraction of sp³-hybridized carbons (Fsp3) is 0.269. The third kappa shape index (κ3) is 6.64. The Bertz CT molecular complexity index is 1060. The van der Waals surface area contributed by atoms with Crippen LogP contribution in [0.2, 0.25) is 10.0 Å². The van der Waals surface area contributed by atoms with Crippen LogP contribution < -0.4 is 20.1 Å². The maximum Gasteiger partial charge on any atom is 0.241 e. The van der Waals surface area contributed by atoms with Crippen LogP contribution in [0.4, 0.5) is 0 Å². The Hall–Kier alpha value is -2.73. The molecule has 2 N–H and O–H groups in total. The number of hydrogen-bond acceptors (Lipinski definition) is 4. The van der Waals surface area contributed by atoms with Crippen molar-refractivity contribution in [1.82, 2.24) is 10.6 Å². The van der Waals surface area contributed by atoms with E-state index in [4.69, 9.17) is 32.7 Å². The molecule has 3 aromatic rings. The Morgan fingerprint density at radius 3 is 2.00 bits per heavy atom. The molecule has 0 aromatic heterocycles. The number of halogens is 2. The number of rotatable bonds is 10. The summed E-state index contributed by atoms with van der Waals surface area (Å²) in [5.41, 5.74) is 2.98. The van der Waals surface area contributed by atoms with Gasteiger partial charge in [-0.1, -0.05) is 53.5 Å². The van der Waals surface area contributed by atoms with Gasteiger partial charge in [-0.15, -0.1) is 0 Å². The molecule has 7 heteroatoms. The van der Waals surface area contributed by atoms with Crippen LogP contribution in [0.15, 0.2) is 66.7 Å². The van der Waals surface area contributed by atoms with Crippen molar-refractivity contribution in [3.8, 4) is 11.5 Å². The minimum atomic E-state index is -0.560.